The molecule has 0 amide bonds. The highest BCUT2D eigenvalue weighted by Crippen LogP contribution is 2.45. The predicted molar refractivity (Wildman–Crippen MR) is 93.0 cm³/mol. The maximum Gasteiger partial charge on any atom is 0.211 e. The van der Waals surface area contributed by atoms with Gasteiger partial charge in [-0.15, -0.1) is 0 Å². The number of piperidine rings is 1. The van der Waals surface area contributed by atoms with Crippen LogP contribution in [-0.2, 0) is 21.3 Å². The molecule has 2 aliphatic heterocycles. The molecular weight excluding hydrogens is 326 g/mol. The van der Waals surface area contributed by atoms with Crippen molar-refractivity contribution in [1.82, 2.24) is 14.2 Å². The second-order valence-corrected chi connectivity index (χ2v) is 9.18. The maximum absolute atomic E-state index is 12.0. The molecule has 1 atom stereocenters. The monoisotopic (exact) mass is 353 g/mol. The van der Waals surface area contributed by atoms with Crippen molar-refractivity contribution in [3.63, 3.8) is 0 Å². The largest absolute Gasteiger partial charge is 0.384 e. The number of nitrogens with zero attached hydrogens (tertiary/aromatic N) is 3. The molecule has 2 fully saturated rings. The number of pyridine rings is 1. The van der Waals surface area contributed by atoms with E-state index in [9.17, 15) is 8.42 Å². The van der Waals surface area contributed by atoms with Gasteiger partial charge < -0.3 is 4.74 Å². The Balaban J connectivity index is 1.66. The molecule has 2 saturated heterocycles. The van der Waals surface area contributed by atoms with Crippen LogP contribution in [0.5, 0.6) is 0 Å². The van der Waals surface area contributed by atoms with Gasteiger partial charge in [-0.25, -0.2) is 12.7 Å². The van der Waals surface area contributed by atoms with Crippen LogP contribution in [0.4, 0.5) is 0 Å². The maximum atomic E-state index is 12.0. The second kappa shape index (κ2) is 7.07. The molecule has 0 bridgehead atoms. The Bertz CT molecular complexity index is 642. The minimum atomic E-state index is -3.13. The number of ether oxygens (including phenoxy) is 1. The zero-order valence-corrected chi connectivity index (χ0v) is 15.3. The molecule has 0 N–H and O–H groups in total. The standard InChI is InChI=1S/C17H27N3O3S/c1-23-13-16-12-20(24(2,21)22)14-17(16)5-9-19(10-6-17)11-15-3-7-18-8-4-15/h3-4,7-8,16H,5-6,9-14H2,1-2H3/t16-/m0/s1. The average molecular weight is 353 g/mol. The third kappa shape index (κ3) is 3.79. The number of hydrogen-bond acceptors (Lipinski definition) is 5. The molecule has 134 valence electrons. The van der Waals surface area contributed by atoms with Gasteiger partial charge in [0.2, 0.25) is 10.0 Å². The lowest BCUT2D eigenvalue weighted by Gasteiger charge is -2.42. The number of likely N-dealkylation sites (tertiary alicyclic amines) is 1. The predicted octanol–water partition coefficient (Wildman–Crippen LogP) is 1.20. The number of hydrogen-bond donors (Lipinski definition) is 0. The van der Waals surface area contributed by atoms with E-state index in [4.69, 9.17) is 4.74 Å². The molecular formula is C17H27N3O3S. The Labute approximate surface area is 144 Å². The molecule has 6 nitrogen and oxygen atoms in total. The van der Waals surface area contributed by atoms with Gasteiger partial charge in [0, 0.05) is 45.1 Å². The first kappa shape index (κ1) is 17.8. The molecule has 3 heterocycles. The first-order valence-electron chi connectivity index (χ1n) is 8.48. The van der Waals surface area contributed by atoms with E-state index in [0.29, 0.717) is 25.6 Å². The molecule has 0 unspecified atom stereocenters. The molecule has 1 aromatic heterocycles. The molecule has 0 radical (unpaired) electrons. The minimum Gasteiger partial charge on any atom is -0.384 e. The SMILES string of the molecule is COC[C@@H]1CN(S(C)(=O)=O)CC12CCN(Cc1ccncc1)CC2. The molecule has 7 heteroatoms. The van der Waals surface area contributed by atoms with Crippen molar-refractivity contribution in [3.8, 4) is 0 Å². The number of aromatic nitrogens is 1. The zero-order chi connectivity index (χ0) is 17.2. The summed E-state index contributed by atoms with van der Waals surface area (Å²) in [4.78, 5) is 6.52. The van der Waals surface area contributed by atoms with Gasteiger partial charge in [0.1, 0.15) is 0 Å². The lowest BCUT2D eigenvalue weighted by Crippen LogP contribution is -2.45. The lowest BCUT2D eigenvalue weighted by molar-refractivity contribution is 0.0357. The van der Waals surface area contributed by atoms with Gasteiger partial charge in [-0.05, 0) is 49.0 Å². The minimum absolute atomic E-state index is 0.0633. The highest BCUT2D eigenvalue weighted by Gasteiger charge is 2.49. The Morgan fingerprint density at radius 3 is 2.54 bits per heavy atom. The van der Waals surface area contributed by atoms with Crippen LogP contribution in [-0.4, -0.2) is 68.8 Å². The molecule has 0 aromatic carbocycles. The van der Waals surface area contributed by atoms with E-state index in [-0.39, 0.29) is 5.41 Å². The van der Waals surface area contributed by atoms with Crippen LogP contribution >= 0.6 is 0 Å². The first-order valence-corrected chi connectivity index (χ1v) is 10.3. The van der Waals surface area contributed by atoms with E-state index in [1.54, 1.807) is 11.4 Å². The van der Waals surface area contributed by atoms with Gasteiger partial charge in [-0.2, -0.15) is 0 Å². The van der Waals surface area contributed by atoms with Crippen LogP contribution in [0, 0.1) is 11.3 Å². The molecule has 0 saturated carbocycles. The highest BCUT2D eigenvalue weighted by atomic mass is 32.2. The van der Waals surface area contributed by atoms with Crippen molar-refractivity contribution in [2.45, 2.75) is 19.4 Å². The summed E-state index contributed by atoms with van der Waals surface area (Å²) in [5.74, 6) is 0.292. The third-order valence-corrected chi connectivity index (χ3v) is 6.84. The summed E-state index contributed by atoms with van der Waals surface area (Å²) in [5, 5.41) is 0. The topological polar surface area (TPSA) is 62.7 Å². The Morgan fingerprint density at radius 2 is 1.96 bits per heavy atom. The van der Waals surface area contributed by atoms with E-state index in [1.807, 2.05) is 12.4 Å². The van der Waals surface area contributed by atoms with Crippen molar-refractivity contribution in [1.29, 1.82) is 0 Å². The average Bonchev–Trinajstić information content (AvgIpc) is 2.90. The highest BCUT2D eigenvalue weighted by molar-refractivity contribution is 7.88. The van der Waals surface area contributed by atoms with Crippen LogP contribution in [0.25, 0.3) is 0 Å². The van der Waals surface area contributed by atoms with Crippen LogP contribution < -0.4 is 0 Å². The molecule has 0 aliphatic carbocycles. The zero-order valence-electron chi connectivity index (χ0n) is 14.5. The summed E-state index contributed by atoms with van der Waals surface area (Å²) in [6, 6.07) is 4.11. The number of rotatable bonds is 5. The normalized spacial score (nSPS) is 25.3. The van der Waals surface area contributed by atoms with Crippen molar-refractivity contribution in [3.05, 3.63) is 30.1 Å². The van der Waals surface area contributed by atoms with Crippen LogP contribution in [0.15, 0.2) is 24.5 Å². The van der Waals surface area contributed by atoms with Crippen molar-refractivity contribution < 1.29 is 13.2 Å². The van der Waals surface area contributed by atoms with E-state index < -0.39 is 10.0 Å². The summed E-state index contributed by atoms with van der Waals surface area (Å²) >= 11 is 0. The van der Waals surface area contributed by atoms with E-state index in [2.05, 4.69) is 22.0 Å². The molecule has 2 aliphatic rings. The summed E-state index contributed by atoms with van der Waals surface area (Å²) in [7, 11) is -1.43. The summed E-state index contributed by atoms with van der Waals surface area (Å²) in [5.41, 5.74) is 1.34. The van der Waals surface area contributed by atoms with Crippen LogP contribution in [0.1, 0.15) is 18.4 Å². The van der Waals surface area contributed by atoms with E-state index >= 15 is 0 Å². The van der Waals surface area contributed by atoms with Gasteiger partial charge >= 0.3 is 0 Å². The number of sulfonamides is 1. The Kier molecular flexibility index (Phi) is 5.24. The summed E-state index contributed by atoms with van der Waals surface area (Å²) in [6.07, 6.45) is 7.03. The molecule has 3 rings (SSSR count). The second-order valence-electron chi connectivity index (χ2n) is 7.20. The lowest BCUT2D eigenvalue weighted by atomic mass is 9.71. The van der Waals surface area contributed by atoms with E-state index in [0.717, 1.165) is 32.5 Å². The van der Waals surface area contributed by atoms with E-state index in [1.165, 1.54) is 11.8 Å². The smallest absolute Gasteiger partial charge is 0.211 e. The fraction of sp³-hybridized carbons (Fsp3) is 0.706. The Morgan fingerprint density at radius 1 is 1.29 bits per heavy atom. The summed E-state index contributed by atoms with van der Waals surface area (Å²) < 4.78 is 31.0. The van der Waals surface area contributed by atoms with Crippen LogP contribution in [0.3, 0.4) is 0 Å². The molecule has 1 aromatic rings. The van der Waals surface area contributed by atoms with Crippen molar-refractivity contribution in [2.75, 3.05) is 46.2 Å². The van der Waals surface area contributed by atoms with Crippen molar-refractivity contribution in [2.24, 2.45) is 11.3 Å². The third-order valence-electron chi connectivity index (χ3n) is 5.63. The van der Waals surface area contributed by atoms with Gasteiger partial charge in [0.25, 0.3) is 0 Å². The van der Waals surface area contributed by atoms with Gasteiger partial charge in [-0.3, -0.25) is 9.88 Å². The fourth-order valence-electron chi connectivity index (χ4n) is 4.14. The van der Waals surface area contributed by atoms with Gasteiger partial charge in [-0.1, -0.05) is 0 Å². The fourth-order valence-corrected chi connectivity index (χ4v) is 5.08. The van der Waals surface area contributed by atoms with Crippen molar-refractivity contribution >= 4 is 10.0 Å². The first-order chi connectivity index (χ1) is 11.4. The number of methoxy groups -OCH3 is 1. The van der Waals surface area contributed by atoms with Crippen LogP contribution in [0.2, 0.25) is 0 Å². The van der Waals surface area contributed by atoms with Gasteiger partial charge in [0.05, 0.1) is 12.9 Å². The Hall–Kier alpha value is -1.02. The summed E-state index contributed by atoms with van der Waals surface area (Å²) in [6.45, 7) is 4.81. The quantitative estimate of drug-likeness (QED) is 0.796. The molecule has 1 spiro atoms. The van der Waals surface area contributed by atoms with Gasteiger partial charge in [0.15, 0.2) is 0 Å². The molecule has 24 heavy (non-hydrogen) atoms.